The summed E-state index contributed by atoms with van der Waals surface area (Å²) in [6, 6.07) is 11.6. The van der Waals surface area contributed by atoms with Crippen LogP contribution in [0.3, 0.4) is 0 Å². The molecule has 0 aliphatic carbocycles. The molecule has 5 nitrogen and oxygen atoms in total. The Bertz CT molecular complexity index is 1050. The van der Waals surface area contributed by atoms with Crippen LogP contribution in [0, 0.1) is 0 Å². The van der Waals surface area contributed by atoms with Crippen LogP contribution >= 0.6 is 27.3 Å². The zero-order chi connectivity index (χ0) is 17.5. The van der Waals surface area contributed by atoms with E-state index in [0.717, 1.165) is 26.0 Å². The molecule has 0 amide bonds. The van der Waals surface area contributed by atoms with Gasteiger partial charge in [-0.1, -0.05) is 27.3 Å². The van der Waals surface area contributed by atoms with E-state index >= 15 is 0 Å². The number of halogens is 1. The minimum Gasteiger partial charge on any atom is -0.296 e. The number of anilines is 1. The molecule has 2 aromatic carbocycles. The van der Waals surface area contributed by atoms with Crippen molar-refractivity contribution in [2.45, 2.75) is 24.8 Å². The largest absolute Gasteiger partial charge is 0.308 e. The van der Waals surface area contributed by atoms with Crippen LogP contribution in [0.1, 0.15) is 19.9 Å². The molecule has 0 atom stereocenters. The van der Waals surface area contributed by atoms with Crippen molar-refractivity contribution < 1.29 is 8.42 Å². The van der Waals surface area contributed by atoms with Gasteiger partial charge in [-0.2, -0.15) is 0 Å². The van der Waals surface area contributed by atoms with Gasteiger partial charge in [0.1, 0.15) is 0 Å². The van der Waals surface area contributed by atoms with Gasteiger partial charge in [-0.05, 0) is 56.3 Å². The second-order valence-electron chi connectivity index (χ2n) is 5.57. The lowest BCUT2D eigenvalue weighted by molar-refractivity contribution is 0.601. The van der Waals surface area contributed by atoms with Gasteiger partial charge < -0.3 is 0 Å². The van der Waals surface area contributed by atoms with Crippen molar-refractivity contribution in [3.63, 3.8) is 0 Å². The summed E-state index contributed by atoms with van der Waals surface area (Å²) in [4.78, 5) is 12.2. The molecule has 0 radical (unpaired) electrons. The molecule has 0 spiro atoms. The molecule has 0 aliphatic rings. The molecule has 3 rings (SSSR count). The van der Waals surface area contributed by atoms with Gasteiger partial charge in [-0.3, -0.25) is 14.1 Å². The number of rotatable bonds is 4. The minimum absolute atomic E-state index is 0.0482. The number of benzene rings is 2. The molecular formula is C16H15BrN2O3S2. The fourth-order valence-corrected chi connectivity index (χ4v) is 4.78. The fourth-order valence-electron chi connectivity index (χ4n) is 2.42. The van der Waals surface area contributed by atoms with Gasteiger partial charge in [0, 0.05) is 10.5 Å². The van der Waals surface area contributed by atoms with Crippen LogP contribution in [0.4, 0.5) is 5.69 Å². The fraction of sp³-hybridized carbons (Fsp3) is 0.188. The Morgan fingerprint density at radius 2 is 1.79 bits per heavy atom. The number of aromatic nitrogens is 1. The molecule has 126 valence electrons. The lowest BCUT2D eigenvalue weighted by Crippen LogP contribution is -2.14. The first-order valence-electron chi connectivity index (χ1n) is 7.21. The van der Waals surface area contributed by atoms with E-state index in [1.807, 2.05) is 13.8 Å². The van der Waals surface area contributed by atoms with Crippen LogP contribution in [-0.4, -0.2) is 13.0 Å². The number of thiazole rings is 1. The maximum atomic E-state index is 12.4. The van der Waals surface area contributed by atoms with Crippen LogP contribution in [0.25, 0.3) is 10.2 Å². The summed E-state index contributed by atoms with van der Waals surface area (Å²) in [5.74, 6) is 0. The molecule has 3 aromatic rings. The van der Waals surface area contributed by atoms with Crippen LogP contribution in [-0.2, 0) is 10.0 Å². The van der Waals surface area contributed by atoms with Crippen molar-refractivity contribution in [2.24, 2.45) is 0 Å². The van der Waals surface area contributed by atoms with E-state index in [-0.39, 0.29) is 15.8 Å². The van der Waals surface area contributed by atoms with Crippen LogP contribution in [0.5, 0.6) is 0 Å². The summed E-state index contributed by atoms with van der Waals surface area (Å²) < 4.78 is 30.7. The number of hydrogen-bond acceptors (Lipinski definition) is 4. The smallest absolute Gasteiger partial charge is 0.296 e. The van der Waals surface area contributed by atoms with Crippen LogP contribution in [0.15, 0.2) is 56.6 Å². The van der Waals surface area contributed by atoms with E-state index in [9.17, 15) is 13.2 Å². The lowest BCUT2D eigenvalue weighted by Gasteiger charge is -2.10. The van der Waals surface area contributed by atoms with Crippen molar-refractivity contribution in [3.05, 3.63) is 56.6 Å². The molecule has 0 fully saturated rings. The quantitative estimate of drug-likeness (QED) is 0.679. The van der Waals surface area contributed by atoms with E-state index in [4.69, 9.17) is 0 Å². The van der Waals surface area contributed by atoms with Crippen molar-refractivity contribution in [3.8, 4) is 0 Å². The number of nitrogens with zero attached hydrogens (tertiary/aromatic N) is 1. The van der Waals surface area contributed by atoms with Crippen molar-refractivity contribution in [2.75, 3.05) is 4.72 Å². The Morgan fingerprint density at radius 1 is 1.12 bits per heavy atom. The molecule has 0 bridgehead atoms. The highest BCUT2D eigenvalue weighted by Crippen LogP contribution is 2.26. The van der Waals surface area contributed by atoms with Crippen molar-refractivity contribution in [1.29, 1.82) is 0 Å². The van der Waals surface area contributed by atoms with E-state index in [0.29, 0.717) is 5.69 Å². The molecule has 8 heteroatoms. The number of fused-ring (bicyclic) bond motifs is 1. The predicted octanol–water partition coefficient (Wildman–Crippen LogP) is 4.21. The third-order valence-corrected chi connectivity index (χ3v) is 6.35. The Hall–Kier alpha value is -1.64. The van der Waals surface area contributed by atoms with Gasteiger partial charge in [-0.15, -0.1) is 0 Å². The molecule has 1 N–H and O–H groups in total. The van der Waals surface area contributed by atoms with Gasteiger partial charge in [0.05, 0.1) is 20.8 Å². The predicted molar refractivity (Wildman–Crippen MR) is 101 cm³/mol. The van der Waals surface area contributed by atoms with Gasteiger partial charge in [-0.25, -0.2) is 8.42 Å². The Labute approximate surface area is 152 Å². The highest BCUT2D eigenvalue weighted by atomic mass is 79.9. The summed E-state index contributed by atoms with van der Waals surface area (Å²) in [5, 5.41) is 0. The monoisotopic (exact) mass is 426 g/mol. The summed E-state index contributed by atoms with van der Waals surface area (Å²) in [6.45, 7) is 3.88. The summed E-state index contributed by atoms with van der Waals surface area (Å²) in [5.41, 5.74) is 1.24. The van der Waals surface area contributed by atoms with Crippen LogP contribution in [0.2, 0.25) is 0 Å². The number of nitrogens with one attached hydrogen (secondary N) is 1. The Kier molecular flexibility index (Phi) is 4.54. The van der Waals surface area contributed by atoms with E-state index in [1.165, 1.54) is 12.1 Å². The first kappa shape index (κ1) is 17.2. The van der Waals surface area contributed by atoms with Crippen LogP contribution < -0.4 is 9.60 Å². The molecule has 24 heavy (non-hydrogen) atoms. The summed E-state index contributed by atoms with van der Waals surface area (Å²) in [6.07, 6.45) is 0. The van der Waals surface area contributed by atoms with Gasteiger partial charge in [0.2, 0.25) is 0 Å². The lowest BCUT2D eigenvalue weighted by atomic mass is 10.3. The first-order chi connectivity index (χ1) is 11.3. The second kappa shape index (κ2) is 6.34. The van der Waals surface area contributed by atoms with Gasteiger partial charge >= 0.3 is 4.87 Å². The topological polar surface area (TPSA) is 68.2 Å². The molecule has 1 heterocycles. The molecule has 1 aromatic heterocycles. The maximum Gasteiger partial charge on any atom is 0.308 e. The van der Waals surface area contributed by atoms with Crippen molar-refractivity contribution >= 4 is 53.2 Å². The average Bonchev–Trinajstić information content (AvgIpc) is 2.82. The van der Waals surface area contributed by atoms with E-state index in [2.05, 4.69) is 20.7 Å². The summed E-state index contributed by atoms with van der Waals surface area (Å²) >= 11 is 4.39. The third kappa shape index (κ3) is 3.26. The zero-order valence-electron chi connectivity index (χ0n) is 13.0. The molecule has 0 aliphatic heterocycles. The normalized spacial score (nSPS) is 12.0. The van der Waals surface area contributed by atoms with E-state index in [1.54, 1.807) is 34.9 Å². The second-order valence-corrected chi connectivity index (χ2v) is 9.16. The standard InChI is InChI=1S/C16H15BrN2O3S2/c1-10(2)19-14-8-5-12(9-15(14)23-16(19)20)18-24(21,22)13-6-3-11(17)4-7-13/h3-10,18H,1-2H3. The SMILES string of the molecule is CC(C)n1c(=O)sc2cc(NS(=O)(=O)c3ccc(Br)cc3)ccc21. The molecule has 0 saturated heterocycles. The maximum absolute atomic E-state index is 12.4. The average molecular weight is 427 g/mol. The number of sulfonamides is 1. The van der Waals surface area contributed by atoms with Crippen molar-refractivity contribution in [1.82, 2.24) is 4.57 Å². The zero-order valence-corrected chi connectivity index (χ0v) is 16.2. The Morgan fingerprint density at radius 3 is 2.42 bits per heavy atom. The molecule has 0 saturated carbocycles. The highest BCUT2D eigenvalue weighted by molar-refractivity contribution is 9.10. The first-order valence-corrected chi connectivity index (χ1v) is 10.3. The summed E-state index contributed by atoms with van der Waals surface area (Å²) in [7, 11) is -3.67. The minimum atomic E-state index is -3.67. The van der Waals surface area contributed by atoms with Gasteiger partial charge in [0.15, 0.2) is 0 Å². The van der Waals surface area contributed by atoms with Gasteiger partial charge in [0.25, 0.3) is 10.0 Å². The Balaban J connectivity index is 1.98. The third-order valence-electron chi connectivity index (χ3n) is 3.51. The molecular weight excluding hydrogens is 412 g/mol. The highest BCUT2D eigenvalue weighted by Gasteiger charge is 2.16. The number of hydrogen-bond donors (Lipinski definition) is 1. The van der Waals surface area contributed by atoms with E-state index < -0.39 is 10.0 Å². The molecule has 0 unspecified atom stereocenters.